The smallest absolute Gasteiger partial charge is 0.119 e. The largest absolute Gasteiger partial charge is 0.491 e. The summed E-state index contributed by atoms with van der Waals surface area (Å²) in [4.78, 5) is 2.18. The van der Waals surface area contributed by atoms with E-state index in [4.69, 9.17) is 4.74 Å². The molecule has 0 radical (unpaired) electrons. The van der Waals surface area contributed by atoms with Gasteiger partial charge < -0.3 is 14.7 Å². The minimum atomic E-state index is -0.444. The molecule has 114 valence electrons. The Morgan fingerprint density at radius 3 is 2.20 bits per heavy atom. The van der Waals surface area contributed by atoms with Crippen LogP contribution in [0.3, 0.4) is 0 Å². The number of rotatable bonds is 8. The number of nitrogens with zero attached hydrogens (tertiary/aromatic N) is 1. The fourth-order valence-corrected chi connectivity index (χ4v) is 2.01. The first-order valence-corrected chi connectivity index (χ1v) is 7.51. The van der Waals surface area contributed by atoms with E-state index in [0.717, 1.165) is 24.3 Å². The average Bonchev–Trinajstić information content (AvgIpc) is 2.36. The summed E-state index contributed by atoms with van der Waals surface area (Å²) in [5, 5.41) is 10.2. The maximum absolute atomic E-state index is 10.2. The van der Waals surface area contributed by atoms with Crippen molar-refractivity contribution in [3.63, 3.8) is 0 Å². The van der Waals surface area contributed by atoms with Crippen LogP contribution in [-0.4, -0.2) is 36.2 Å². The lowest BCUT2D eigenvalue weighted by molar-refractivity contribution is 0.124. The van der Waals surface area contributed by atoms with Crippen LogP contribution in [0.5, 0.6) is 5.75 Å². The minimum Gasteiger partial charge on any atom is -0.491 e. The standard InChI is InChI=1S/C17H29NO2/c1-13(2)10-11-18(5)12-17(19)15-6-8-16(9-7-15)20-14(3)4/h6-9,13-14,17,19H,10-12H2,1-5H3. The summed E-state index contributed by atoms with van der Waals surface area (Å²) >= 11 is 0. The second-order valence-corrected chi connectivity index (χ2v) is 6.20. The molecule has 1 unspecified atom stereocenters. The number of benzene rings is 1. The van der Waals surface area contributed by atoms with Crippen LogP contribution >= 0.6 is 0 Å². The van der Waals surface area contributed by atoms with Crippen molar-refractivity contribution in [1.29, 1.82) is 0 Å². The molecule has 0 aliphatic heterocycles. The van der Waals surface area contributed by atoms with E-state index < -0.39 is 6.10 Å². The maximum Gasteiger partial charge on any atom is 0.119 e. The Balaban J connectivity index is 2.48. The summed E-state index contributed by atoms with van der Waals surface area (Å²) in [6.07, 6.45) is 0.887. The van der Waals surface area contributed by atoms with Gasteiger partial charge in [-0.2, -0.15) is 0 Å². The highest BCUT2D eigenvalue weighted by Crippen LogP contribution is 2.19. The quantitative estimate of drug-likeness (QED) is 0.790. The molecule has 20 heavy (non-hydrogen) atoms. The SMILES string of the molecule is CC(C)CCN(C)CC(O)c1ccc(OC(C)C)cc1. The molecule has 0 saturated carbocycles. The first kappa shape index (κ1) is 17.0. The van der Waals surface area contributed by atoms with Crippen LogP contribution in [0.4, 0.5) is 0 Å². The number of likely N-dealkylation sites (N-methyl/N-ethyl adjacent to an activating group) is 1. The Morgan fingerprint density at radius 2 is 1.70 bits per heavy atom. The second-order valence-electron chi connectivity index (χ2n) is 6.20. The molecular weight excluding hydrogens is 250 g/mol. The third kappa shape index (κ3) is 6.40. The Morgan fingerprint density at radius 1 is 1.10 bits per heavy atom. The predicted octanol–water partition coefficient (Wildman–Crippen LogP) is 3.49. The van der Waals surface area contributed by atoms with Crippen molar-refractivity contribution in [2.24, 2.45) is 5.92 Å². The zero-order valence-corrected chi connectivity index (χ0v) is 13.5. The van der Waals surface area contributed by atoms with Crippen LogP contribution < -0.4 is 4.74 Å². The number of hydrogen-bond donors (Lipinski definition) is 1. The topological polar surface area (TPSA) is 32.7 Å². The van der Waals surface area contributed by atoms with Crippen LogP contribution in [0.25, 0.3) is 0 Å². The Hall–Kier alpha value is -1.06. The molecule has 3 heteroatoms. The lowest BCUT2D eigenvalue weighted by Crippen LogP contribution is -2.26. The van der Waals surface area contributed by atoms with Crippen molar-refractivity contribution < 1.29 is 9.84 Å². The fraction of sp³-hybridized carbons (Fsp3) is 0.647. The van der Waals surface area contributed by atoms with Crippen molar-refractivity contribution in [3.8, 4) is 5.75 Å². The van der Waals surface area contributed by atoms with E-state index in [1.807, 2.05) is 38.1 Å². The molecule has 0 amide bonds. The molecule has 0 saturated heterocycles. The third-order valence-electron chi connectivity index (χ3n) is 3.21. The molecular formula is C17H29NO2. The monoisotopic (exact) mass is 279 g/mol. The summed E-state index contributed by atoms with van der Waals surface area (Å²) < 4.78 is 5.60. The van der Waals surface area contributed by atoms with Crippen LogP contribution in [0.1, 0.15) is 45.8 Å². The van der Waals surface area contributed by atoms with Crippen LogP contribution in [-0.2, 0) is 0 Å². The second kappa shape index (κ2) is 8.28. The Kier molecular flexibility index (Phi) is 7.03. The maximum atomic E-state index is 10.2. The van der Waals surface area contributed by atoms with E-state index in [2.05, 4.69) is 25.8 Å². The minimum absolute atomic E-state index is 0.174. The summed E-state index contributed by atoms with van der Waals surface area (Å²) in [6, 6.07) is 7.73. The molecule has 1 rings (SSSR count). The van der Waals surface area contributed by atoms with Crippen LogP contribution in [0.15, 0.2) is 24.3 Å². The first-order chi connectivity index (χ1) is 9.38. The van der Waals surface area contributed by atoms with Gasteiger partial charge in [0.2, 0.25) is 0 Å². The Labute approximate surface area is 123 Å². The van der Waals surface area contributed by atoms with E-state index >= 15 is 0 Å². The molecule has 0 aliphatic carbocycles. The summed E-state index contributed by atoms with van der Waals surface area (Å²) in [5.41, 5.74) is 0.942. The van der Waals surface area contributed by atoms with Gasteiger partial charge in [0.25, 0.3) is 0 Å². The molecule has 0 bridgehead atoms. The van der Waals surface area contributed by atoms with Crippen molar-refractivity contribution in [1.82, 2.24) is 4.90 Å². The highest BCUT2D eigenvalue weighted by molar-refractivity contribution is 5.28. The highest BCUT2D eigenvalue weighted by atomic mass is 16.5. The fourth-order valence-electron chi connectivity index (χ4n) is 2.01. The lowest BCUT2D eigenvalue weighted by Gasteiger charge is -2.21. The summed E-state index contributed by atoms with van der Waals surface area (Å²) in [5.74, 6) is 1.55. The van der Waals surface area contributed by atoms with Crippen molar-refractivity contribution >= 4 is 0 Å². The van der Waals surface area contributed by atoms with Crippen molar-refractivity contribution in [2.45, 2.75) is 46.3 Å². The predicted molar refractivity (Wildman–Crippen MR) is 84.1 cm³/mol. The van der Waals surface area contributed by atoms with Gasteiger partial charge in [-0.15, -0.1) is 0 Å². The molecule has 0 fully saturated rings. The third-order valence-corrected chi connectivity index (χ3v) is 3.21. The molecule has 1 atom stereocenters. The molecule has 1 aromatic carbocycles. The van der Waals surface area contributed by atoms with E-state index in [0.29, 0.717) is 12.5 Å². The molecule has 1 N–H and O–H groups in total. The number of aliphatic hydroxyl groups is 1. The van der Waals surface area contributed by atoms with Crippen LogP contribution in [0.2, 0.25) is 0 Å². The van der Waals surface area contributed by atoms with Gasteiger partial charge in [-0.25, -0.2) is 0 Å². The van der Waals surface area contributed by atoms with Gasteiger partial charge in [0.05, 0.1) is 12.2 Å². The van der Waals surface area contributed by atoms with E-state index in [1.165, 1.54) is 0 Å². The van der Waals surface area contributed by atoms with Gasteiger partial charge in [-0.3, -0.25) is 0 Å². The van der Waals surface area contributed by atoms with Gasteiger partial charge in [-0.1, -0.05) is 26.0 Å². The Bertz CT molecular complexity index is 373. The summed E-state index contributed by atoms with van der Waals surface area (Å²) in [7, 11) is 2.06. The van der Waals surface area contributed by atoms with Gasteiger partial charge in [0, 0.05) is 6.54 Å². The van der Waals surface area contributed by atoms with Gasteiger partial charge in [0.15, 0.2) is 0 Å². The molecule has 0 spiro atoms. The zero-order valence-electron chi connectivity index (χ0n) is 13.5. The lowest BCUT2D eigenvalue weighted by atomic mass is 10.1. The molecule has 1 aromatic rings. The van der Waals surface area contributed by atoms with Gasteiger partial charge in [0.1, 0.15) is 5.75 Å². The van der Waals surface area contributed by atoms with Crippen LogP contribution in [0, 0.1) is 5.92 Å². The molecule has 3 nitrogen and oxygen atoms in total. The van der Waals surface area contributed by atoms with Gasteiger partial charge >= 0.3 is 0 Å². The first-order valence-electron chi connectivity index (χ1n) is 7.51. The summed E-state index contributed by atoms with van der Waals surface area (Å²) in [6.45, 7) is 10.1. The number of hydrogen-bond acceptors (Lipinski definition) is 3. The molecule has 0 heterocycles. The zero-order chi connectivity index (χ0) is 15.1. The normalized spacial score (nSPS) is 13.2. The van der Waals surface area contributed by atoms with Gasteiger partial charge in [-0.05, 0) is 57.5 Å². The molecule has 0 aliphatic rings. The van der Waals surface area contributed by atoms with E-state index in [-0.39, 0.29) is 6.10 Å². The van der Waals surface area contributed by atoms with E-state index in [9.17, 15) is 5.11 Å². The average molecular weight is 279 g/mol. The number of aliphatic hydroxyl groups excluding tert-OH is 1. The number of ether oxygens (including phenoxy) is 1. The highest BCUT2D eigenvalue weighted by Gasteiger charge is 2.11. The molecule has 0 aromatic heterocycles. The van der Waals surface area contributed by atoms with E-state index in [1.54, 1.807) is 0 Å². The van der Waals surface area contributed by atoms with Crippen molar-refractivity contribution in [3.05, 3.63) is 29.8 Å². The van der Waals surface area contributed by atoms with Crippen molar-refractivity contribution in [2.75, 3.05) is 20.1 Å².